The van der Waals surface area contributed by atoms with Crippen LogP contribution >= 0.6 is 11.6 Å². The minimum atomic E-state index is -1.33. The van der Waals surface area contributed by atoms with Gasteiger partial charge in [0.2, 0.25) is 0 Å². The first-order valence-electron chi connectivity index (χ1n) is 8.35. The van der Waals surface area contributed by atoms with Crippen LogP contribution in [0, 0.1) is 6.92 Å². The number of rotatable bonds is 7. The molecule has 140 valence electrons. The molecule has 0 aliphatic rings. The van der Waals surface area contributed by atoms with E-state index in [0.717, 1.165) is 11.1 Å². The zero-order chi connectivity index (χ0) is 19.3. The van der Waals surface area contributed by atoms with Crippen molar-refractivity contribution in [1.29, 1.82) is 0 Å². The summed E-state index contributed by atoms with van der Waals surface area (Å²) in [6.07, 6.45) is -1.56. The van der Waals surface area contributed by atoms with Crippen molar-refractivity contribution in [3.63, 3.8) is 0 Å². The fraction of sp³-hybridized carbons (Fsp3) is 0.350. The summed E-state index contributed by atoms with van der Waals surface area (Å²) in [5.74, 6) is -0.265. The second kappa shape index (κ2) is 8.54. The van der Waals surface area contributed by atoms with Crippen molar-refractivity contribution >= 4 is 17.6 Å². The highest BCUT2D eigenvalue weighted by Crippen LogP contribution is 2.33. The molecular formula is C20H24ClNO4. The van der Waals surface area contributed by atoms with Gasteiger partial charge in [0.1, 0.15) is 18.0 Å². The lowest BCUT2D eigenvalue weighted by Crippen LogP contribution is -2.45. The number of aliphatic hydroxyl groups excluding tert-OH is 1. The van der Waals surface area contributed by atoms with E-state index in [-0.39, 0.29) is 6.42 Å². The van der Waals surface area contributed by atoms with Crippen LogP contribution in [0.2, 0.25) is 5.02 Å². The average Bonchev–Trinajstić information content (AvgIpc) is 2.56. The quantitative estimate of drug-likeness (QED) is 0.567. The minimum Gasteiger partial charge on any atom is -0.484 e. The lowest BCUT2D eigenvalue weighted by molar-refractivity contribution is -0.169. The van der Waals surface area contributed by atoms with E-state index in [4.69, 9.17) is 26.8 Å². The summed E-state index contributed by atoms with van der Waals surface area (Å²) >= 11 is 6.28. The Labute approximate surface area is 158 Å². The molecule has 0 heterocycles. The molecule has 0 saturated carbocycles. The Bertz CT molecular complexity index is 747. The molecule has 2 aromatic rings. The zero-order valence-electron chi connectivity index (χ0n) is 15.1. The lowest BCUT2D eigenvalue weighted by Gasteiger charge is -2.30. The molecule has 2 aromatic carbocycles. The van der Waals surface area contributed by atoms with Crippen molar-refractivity contribution in [3.05, 3.63) is 64.7 Å². The number of esters is 1. The molecule has 5 nitrogen and oxygen atoms in total. The number of nitrogens with two attached hydrogens (primary N) is 1. The first kappa shape index (κ1) is 20.2. The second-order valence-electron chi connectivity index (χ2n) is 6.56. The van der Waals surface area contributed by atoms with Crippen molar-refractivity contribution in [2.75, 3.05) is 0 Å². The van der Waals surface area contributed by atoms with Gasteiger partial charge in [-0.25, -0.2) is 4.79 Å². The van der Waals surface area contributed by atoms with Crippen molar-refractivity contribution < 1.29 is 19.4 Å². The van der Waals surface area contributed by atoms with Gasteiger partial charge >= 0.3 is 5.97 Å². The number of carbonyl (C=O) groups excluding carboxylic acids is 1. The van der Waals surface area contributed by atoms with Gasteiger partial charge in [-0.3, -0.25) is 5.73 Å². The minimum absolute atomic E-state index is 0.180. The Hall–Kier alpha value is -2.08. The number of halogens is 1. The van der Waals surface area contributed by atoms with Gasteiger partial charge in [0, 0.05) is 6.42 Å². The van der Waals surface area contributed by atoms with Crippen LogP contribution in [0.3, 0.4) is 0 Å². The molecule has 6 heteroatoms. The average molecular weight is 378 g/mol. The van der Waals surface area contributed by atoms with E-state index < -0.39 is 23.9 Å². The third kappa shape index (κ3) is 5.73. The molecule has 0 bridgehead atoms. The number of ether oxygens (including phenoxy) is 2. The molecule has 0 aliphatic carbocycles. The predicted octanol–water partition coefficient (Wildman–Crippen LogP) is 3.76. The molecule has 0 fully saturated rings. The standard InChI is InChI=1S/C20H24ClNO4/c1-13-9-10-17(16(21)11-13)25-18(15-7-5-4-6-8-15)12-20(3,22)26-19(24)14(2)23/h4-11,14,18,23H,12,22H2,1-3H3. The third-order valence-corrected chi connectivity index (χ3v) is 4.09. The molecule has 0 amide bonds. The molecule has 3 N–H and O–H groups in total. The van der Waals surface area contributed by atoms with Gasteiger partial charge in [0.25, 0.3) is 0 Å². The SMILES string of the molecule is Cc1ccc(OC(CC(C)(N)OC(=O)C(C)O)c2ccccc2)c(Cl)c1. The monoisotopic (exact) mass is 377 g/mol. The van der Waals surface area contributed by atoms with Crippen LogP contribution in [0.4, 0.5) is 0 Å². The maximum absolute atomic E-state index is 11.7. The Morgan fingerprint density at radius 1 is 1.27 bits per heavy atom. The maximum Gasteiger partial charge on any atom is 0.336 e. The first-order chi connectivity index (χ1) is 12.2. The van der Waals surface area contributed by atoms with Gasteiger partial charge in [0.15, 0.2) is 5.72 Å². The van der Waals surface area contributed by atoms with Crippen LogP contribution in [0.15, 0.2) is 48.5 Å². The molecule has 0 radical (unpaired) electrons. The molecule has 0 aromatic heterocycles. The number of carbonyl (C=O) groups is 1. The largest absolute Gasteiger partial charge is 0.484 e. The normalized spacial score (nSPS) is 15.6. The fourth-order valence-corrected chi connectivity index (χ4v) is 2.75. The van der Waals surface area contributed by atoms with Crippen LogP contribution in [0.1, 0.15) is 37.5 Å². The van der Waals surface area contributed by atoms with Crippen LogP contribution in [-0.4, -0.2) is 22.9 Å². The highest BCUT2D eigenvalue weighted by Gasteiger charge is 2.31. The molecule has 0 aliphatic heterocycles. The highest BCUT2D eigenvalue weighted by molar-refractivity contribution is 6.32. The Balaban J connectivity index is 2.25. The molecule has 2 rings (SSSR count). The van der Waals surface area contributed by atoms with Crippen LogP contribution in [-0.2, 0) is 9.53 Å². The molecule has 0 spiro atoms. The van der Waals surface area contributed by atoms with E-state index >= 15 is 0 Å². The van der Waals surface area contributed by atoms with Gasteiger partial charge in [0.05, 0.1) is 5.02 Å². The predicted molar refractivity (Wildman–Crippen MR) is 101 cm³/mol. The van der Waals surface area contributed by atoms with E-state index in [9.17, 15) is 9.90 Å². The number of aliphatic hydroxyl groups is 1. The number of hydrogen-bond donors (Lipinski definition) is 2. The number of hydrogen-bond acceptors (Lipinski definition) is 5. The van der Waals surface area contributed by atoms with E-state index in [2.05, 4.69) is 0 Å². The molecule has 3 unspecified atom stereocenters. The second-order valence-corrected chi connectivity index (χ2v) is 6.97. The van der Waals surface area contributed by atoms with E-state index in [0.29, 0.717) is 10.8 Å². The smallest absolute Gasteiger partial charge is 0.336 e. The van der Waals surface area contributed by atoms with Crippen molar-refractivity contribution in [1.82, 2.24) is 0 Å². The molecular weight excluding hydrogens is 354 g/mol. The van der Waals surface area contributed by atoms with E-state index in [1.54, 1.807) is 13.0 Å². The van der Waals surface area contributed by atoms with E-state index in [1.807, 2.05) is 49.4 Å². The lowest BCUT2D eigenvalue weighted by atomic mass is 10.0. The van der Waals surface area contributed by atoms with Crippen LogP contribution < -0.4 is 10.5 Å². The number of benzene rings is 2. The van der Waals surface area contributed by atoms with Crippen molar-refractivity contribution in [2.24, 2.45) is 5.73 Å². The summed E-state index contributed by atoms with van der Waals surface area (Å²) in [5.41, 5.74) is 6.71. The summed E-state index contributed by atoms with van der Waals surface area (Å²) in [5, 5.41) is 9.85. The van der Waals surface area contributed by atoms with Gasteiger partial charge in [-0.2, -0.15) is 0 Å². The fourth-order valence-electron chi connectivity index (χ4n) is 2.47. The summed E-state index contributed by atoms with van der Waals surface area (Å²) in [7, 11) is 0. The highest BCUT2D eigenvalue weighted by atomic mass is 35.5. The Morgan fingerprint density at radius 2 is 1.92 bits per heavy atom. The maximum atomic E-state index is 11.7. The van der Waals surface area contributed by atoms with Crippen molar-refractivity contribution in [3.8, 4) is 5.75 Å². The van der Waals surface area contributed by atoms with Gasteiger partial charge in [-0.05, 0) is 44.0 Å². The van der Waals surface area contributed by atoms with E-state index in [1.165, 1.54) is 6.92 Å². The van der Waals surface area contributed by atoms with Crippen molar-refractivity contribution in [2.45, 2.75) is 45.1 Å². The Morgan fingerprint density at radius 3 is 2.50 bits per heavy atom. The summed E-state index contributed by atoms with van der Waals surface area (Å²) < 4.78 is 11.3. The molecule has 26 heavy (non-hydrogen) atoms. The summed E-state index contributed by atoms with van der Waals surface area (Å²) in [4.78, 5) is 11.7. The third-order valence-electron chi connectivity index (χ3n) is 3.79. The summed E-state index contributed by atoms with van der Waals surface area (Å²) in [6, 6.07) is 15.0. The molecule has 3 atom stereocenters. The zero-order valence-corrected chi connectivity index (χ0v) is 15.9. The molecule has 0 saturated heterocycles. The number of aryl methyl sites for hydroxylation is 1. The van der Waals surface area contributed by atoms with Gasteiger partial charge < -0.3 is 14.6 Å². The van der Waals surface area contributed by atoms with Crippen LogP contribution in [0.25, 0.3) is 0 Å². The van der Waals surface area contributed by atoms with Gasteiger partial charge in [-0.1, -0.05) is 48.0 Å². The summed E-state index contributed by atoms with van der Waals surface area (Å²) in [6.45, 7) is 4.84. The first-order valence-corrected chi connectivity index (χ1v) is 8.73. The van der Waals surface area contributed by atoms with Crippen LogP contribution in [0.5, 0.6) is 5.75 Å². The van der Waals surface area contributed by atoms with Gasteiger partial charge in [-0.15, -0.1) is 0 Å². The topological polar surface area (TPSA) is 81.8 Å². The Kier molecular flexibility index (Phi) is 6.64.